The molecule has 2 aromatic heterocycles. The van der Waals surface area contributed by atoms with Crippen molar-refractivity contribution in [2.45, 2.75) is 51.7 Å². The quantitative estimate of drug-likeness (QED) is 0.0938. The van der Waals surface area contributed by atoms with Gasteiger partial charge >= 0.3 is 11.9 Å². The monoisotopic (exact) mass is 1180 g/mol. The first kappa shape index (κ1) is 59.0. The molecule has 3 aliphatic heterocycles. The number of aromatic carboxylic acids is 2. The van der Waals surface area contributed by atoms with Crippen LogP contribution in [0.2, 0.25) is 0 Å². The number of phenols is 2. The Morgan fingerprint density at radius 3 is 2.08 bits per heavy atom. The van der Waals surface area contributed by atoms with Crippen LogP contribution in [-0.4, -0.2) is 89.3 Å². The third-order valence-electron chi connectivity index (χ3n) is 16.4. The Kier molecular flexibility index (Phi) is 15.8. The number of hydrogen-bond acceptors (Lipinski definition) is 12. The molecule has 2 unspecified atom stereocenters. The number of carboxylic acids is 2. The number of nitrogens with zero attached hydrogens (tertiary/aromatic N) is 3. The van der Waals surface area contributed by atoms with Gasteiger partial charge in [0.25, 0.3) is 0 Å². The maximum absolute atomic E-state index is 13.6. The van der Waals surface area contributed by atoms with Crippen molar-refractivity contribution in [2.75, 3.05) is 39.8 Å². The summed E-state index contributed by atoms with van der Waals surface area (Å²) in [4.78, 5) is 38.9. The summed E-state index contributed by atoms with van der Waals surface area (Å²) >= 11 is 0. The number of ether oxygens (including phenoxy) is 5. The van der Waals surface area contributed by atoms with Gasteiger partial charge in [-0.05, 0) is 133 Å². The number of ketones is 1. The number of carbonyl (C=O) groups excluding carboxylic acids is 1. The second-order valence-corrected chi connectivity index (χ2v) is 22.6. The van der Waals surface area contributed by atoms with E-state index < -0.39 is 41.1 Å². The summed E-state index contributed by atoms with van der Waals surface area (Å²) in [6.07, 6.45) is 7.55. The normalized spacial score (nSPS) is 15.0. The number of methoxy groups -OCH3 is 2. The molecule has 88 heavy (non-hydrogen) atoms. The lowest BCUT2D eigenvalue weighted by molar-refractivity contribution is -0.646. The number of fused-ring (bicyclic) bond motifs is 9. The Labute approximate surface area is 508 Å². The Balaban J connectivity index is 0.000000136. The molecule has 446 valence electrons. The number of aromatic hydroxyl groups is 2. The minimum Gasteiger partial charge on any atom is -0.872 e. The van der Waals surface area contributed by atoms with E-state index in [9.17, 15) is 39.9 Å². The van der Waals surface area contributed by atoms with Crippen LogP contribution in [-0.2, 0) is 13.5 Å². The van der Waals surface area contributed by atoms with Gasteiger partial charge < -0.3 is 58.7 Å². The number of aromatic nitrogens is 2. The summed E-state index contributed by atoms with van der Waals surface area (Å²) in [6, 6.07) is 45.2. The number of carboxylic acid groups (broad SMARTS) is 2. The second kappa shape index (κ2) is 23.6. The number of carbonyl (C=O) groups is 3. The molecule has 0 aliphatic carbocycles. The van der Waals surface area contributed by atoms with Crippen LogP contribution in [0.4, 0.5) is 5.69 Å². The predicted octanol–water partition coefficient (Wildman–Crippen LogP) is 12.8. The van der Waals surface area contributed by atoms with Gasteiger partial charge in [-0.15, -0.1) is 0 Å². The number of aryl methyl sites for hydroxylation is 2. The van der Waals surface area contributed by atoms with Crippen LogP contribution >= 0.6 is 0 Å². The molecule has 0 saturated carbocycles. The molecule has 0 spiro atoms. The van der Waals surface area contributed by atoms with Gasteiger partial charge in [0.1, 0.15) is 65.2 Å². The van der Waals surface area contributed by atoms with E-state index >= 15 is 0 Å². The van der Waals surface area contributed by atoms with Crippen LogP contribution in [0, 0.1) is 13.8 Å². The highest BCUT2D eigenvalue weighted by Gasteiger charge is 2.46. The molecular formula is C72H65N3O13. The van der Waals surface area contributed by atoms with Crippen molar-refractivity contribution in [2.24, 2.45) is 7.05 Å². The highest BCUT2D eigenvalue weighted by atomic mass is 16.5. The second-order valence-electron chi connectivity index (χ2n) is 22.6. The lowest BCUT2D eigenvalue weighted by atomic mass is 9.80. The molecule has 10 aromatic rings. The minimum atomic E-state index is -1.34. The number of rotatable bonds is 10. The van der Waals surface area contributed by atoms with E-state index in [1.165, 1.54) is 70.2 Å². The summed E-state index contributed by atoms with van der Waals surface area (Å²) in [5.41, 5.74) is 9.33. The van der Waals surface area contributed by atoms with E-state index in [1.54, 1.807) is 67.8 Å². The van der Waals surface area contributed by atoms with E-state index in [1.807, 2.05) is 26.0 Å². The third kappa shape index (κ3) is 11.0. The molecular weight excluding hydrogens is 1110 g/mol. The van der Waals surface area contributed by atoms with Gasteiger partial charge in [-0.3, -0.25) is 4.79 Å². The highest BCUT2D eigenvalue weighted by molar-refractivity contribution is 6.09. The molecule has 0 radical (unpaired) electrons. The largest absolute Gasteiger partial charge is 0.872 e. The fourth-order valence-electron chi connectivity index (χ4n) is 11.9. The van der Waals surface area contributed by atoms with Crippen LogP contribution < -0.4 is 38.3 Å². The molecule has 13 rings (SSSR count). The fourth-order valence-corrected chi connectivity index (χ4v) is 11.9. The van der Waals surface area contributed by atoms with E-state index in [4.69, 9.17) is 23.7 Å². The molecule has 0 fully saturated rings. The van der Waals surface area contributed by atoms with Gasteiger partial charge in [-0.2, -0.15) is 4.57 Å². The molecule has 16 heteroatoms. The third-order valence-corrected chi connectivity index (χ3v) is 16.4. The number of phenolic OH excluding ortho intramolecular Hbond substituents is 1. The number of hydrogen-bond donors (Lipinski definition) is 4. The number of anilines is 1. The van der Waals surface area contributed by atoms with E-state index in [0.717, 1.165) is 0 Å². The zero-order valence-corrected chi connectivity index (χ0v) is 50.0. The molecule has 4 N–H and O–H groups in total. The van der Waals surface area contributed by atoms with Crippen molar-refractivity contribution in [3.63, 3.8) is 0 Å². The van der Waals surface area contributed by atoms with Crippen LogP contribution in [0.1, 0.15) is 95.7 Å². The van der Waals surface area contributed by atoms with E-state index in [0.29, 0.717) is 61.4 Å². The first-order valence-electron chi connectivity index (χ1n) is 28.5. The summed E-state index contributed by atoms with van der Waals surface area (Å²) in [6.45, 7) is 8.37. The highest BCUT2D eigenvalue weighted by Crippen LogP contribution is 2.52. The van der Waals surface area contributed by atoms with Gasteiger partial charge in [0.05, 0.1) is 31.3 Å². The Morgan fingerprint density at radius 2 is 1.41 bits per heavy atom. The average molecular weight is 1180 g/mol. The fraction of sp³-hybridized carbons (Fsp3) is 0.194. The lowest BCUT2D eigenvalue weighted by Crippen LogP contribution is -2.43. The van der Waals surface area contributed by atoms with Gasteiger partial charge in [-0.25, -0.2) is 9.59 Å². The van der Waals surface area contributed by atoms with Crippen molar-refractivity contribution in [1.29, 1.82) is 0 Å². The average Bonchev–Trinajstić information content (AvgIpc) is 0.915. The van der Waals surface area contributed by atoms with Crippen LogP contribution in [0.15, 0.2) is 152 Å². The van der Waals surface area contributed by atoms with Gasteiger partial charge in [0.2, 0.25) is 11.2 Å². The summed E-state index contributed by atoms with van der Waals surface area (Å²) in [7, 11) is 9.35. The Morgan fingerprint density at radius 1 is 0.761 bits per heavy atom. The van der Waals surface area contributed by atoms with Gasteiger partial charge in [0, 0.05) is 90.1 Å². The van der Waals surface area contributed by atoms with Crippen molar-refractivity contribution in [3.8, 4) is 51.7 Å². The zero-order chi connectivity index (χ0) is 62.5. The predicted molar refractivity (Wildman–Crippen MR) is 338 cm³/mol. The standard InChI is InChI=1S/C26H28N3.C23H22O7.C23H16O6/c1-19-17-21(20(2)29(19)24-9-7-6-8-10-24)11-13-23-14-12-22-18-25(27(3)4)15-16-26(22)28(23)5;1-23(2)6-5-11-15(30-23)8-13(24)20-21(25)19-12-7-16(26-3)17(27-4)9-14(12)28-10-18(19)29-22(11)20;24-20-16(14-7-3-1-5-12(14)9-18(20)22(26)27)11-17-15-8-4-2-6-13(15)10-19(21(17)25)23(28)29/h6-18H,1-5H3;5-9,18-19,24H,10H2,1-4H3;1-10,24-25H,11H2,(H,26,27)(H,28,29)/q+1;;/p-1. The molecule has 3 aliphatic rings. The van der Waals surface area contributed by atoms with Crippen molar-refractivity contribution >= 4 is 74.1 Å². The zero-order valence-electron chi connectivity index (χ0n) is 50.0. The molecule has 16 nitrogen and oxygen atoms in total. The summed E-state index contributed by atoms with van der Waals surface area (Å²) in [5, 5.41) is 56.8. The number of benzene rings is 8. The Hall–Kier alpha value is -10.7. The van der Waals surface area contributed by atoms with Gasteiger partial charge in [-0.1, -0.05) is 72.5 Å². The van der Waals surface area contributed by atoms with Crippen LogP contribution in [0.5, 0.6) is 46.0 Å². The van der Waals surface area contributed by atoms with Crippen molar-refractivity contribution < 1.29 is 68.2 Å². The molecule has 0 saturated heterocycles. The first-order valence-corrected chi connectivity index (χ1v) is 28.5. The SMILES string of the molecule is COc1cc2c(cc1OC)C1C(=O)c3c(O)cc4c(c3OC1CO2)C=CC(C)(C)O4.Cc1cc(C=Cc2ccc3cc(N(C)C)ccc3[n+]2C)c(C)n1-c1ccccc1.O=C(O)c1cc2ccccc2c(Cc2c(O)c(C(=O)O)cc3ccccc23)c1[O-]. The Bertz CT molecular complexity index is 4420. The summed E-state index contributed by atoms with van der Waals surface area (Å²) < 4.78 is 33.4. The maximum atomic E-state index is 13.6. The number of para-hydroxylation sites is 1. The minimum absolute atomic E-state index is 0.103. The van der Waals surface area contributed by atoms with Gasteiger partial charge in [0.15, 0.2) is 17.3 Å². The van der Waals surface area contributed by atoms with E-state index in [-0.39, 0.29) is 52.4 Å². The van der Waals surface area contributed by atoms with Crippen molar-refractivity contribution in [1.82, 2.24) is 4.57 Å². The van der Waals surface area contributed by atoms with Crippen LogP contribution in [0.25, 0.3) is 56.4 Å². The van der Waals surface area contributed by atoms with Crippen LogP contribution in [0.3, 0.4) is 0 Å². The molecule has 0 amide bonds. The number of pyridine rings is 1. The molecule has 5 heterocycles. The van der Waals surface area contributed by atoms with E-state index in [2.05, 4.69) is 128 Å². The smallest absolute Gasteiger partial charge is 0.339 e. The lowest BCUT2D eigenvalue weighted by Gasteiger charge is -2.39. The first-order chi connectivity index (χ1) is 42.2. The maximum Gasteiger partial charge on any atom is 0.339 e. The molecule has 8 aromatic carbocycles. The molecule has 2 atom stereocenters. The molecule has 0 bridgehead atoms. The van der Waals surface area contributed by atoms with Crippen molar-refractivity contribution in [3.05, 3.63) is 213 Å². The summed E-state index contributed by atoms with van der Waals surface area (Å²) in [5.74, 6) is -2.37. The number of Topliss-reactive ketones (excluding diaryl/α,β-unsaturated/α-hetero) is 1. The topological polar surface area (TPSA) is 213 Å².